The van der Waals surface area contributed by atoms with Crippen molar-refractivity contribution in [3.8, 4) is 11.6 Å². The average molecular weight is 244 g/mol. The zero-order chi connectivity index (χ0) is 12.7. The number of aryl methyl sites for hydroxylation is 1. The van der Waals surface area contributed by atoms with Gasteiger partial charge in [-0.05, 0) is 19.1 Å². The molecule has 0 radical (unpaired) electrons. The molecule has 90 valence electrons. The fourth-order valence-corrected chi connectivity index (χ4v) is 1.69. The topological polar surface area (TPSA) is 93.5 Å². The molecule has 7 heteroatoms. The van der Waals surface area contributed by atoms with Crippen LogP contribution in [0.3, 0.4) is 0 Å². The molecule has 1 N–H and O–H groups in total. The van der Waals surface area contributed by atoms with Crippen LogP contribution < -0.4 is 0 Å². The number of carboxylic acids is 1. The highest BCUT2D eigenvalue weighted by Crippen LogP contribution is 2.21. The molecule has 0 aromatic carbocycles. The maximum absolute atomic E-state index is 10.9. The van der Waals surface area contributed by atoms with Crippen molar-refractivity contribution in [1.82, 2.24) is 19.6 Å². The van der Waals surface area contributed by atoms with Crippen molar-refractivity contribution in [3.63, 3.8) is 0 Å². The third-order valence-electron chi connectivity index (χ3n) is 2.60. The van der Waals surface area contributed by atoms with E-state index in [9.17, 15) is 4.79 Å². The Bertz CT molecular complexity index is 744. The first kappa shape index (κ1) is 10.5. The van der Waals surface area contributed by atoms with Gasteiger partial charge >= 0.3 is 5.97 Å². The predicted octanol–water partition coefficient (Wildman–Crippen LogP) is 1.39. The monoisotopic (exact) mass is 244 g/mol. The Morgan fingerprint density at radius 1 is 1.39 bits per heavy atom. The van der Waals surface area contributed by atoms with E-state index in [1.54, 1.807) is 17.4 Å². The number of rotatable bonds is 2. The van der Waals surface area contributed by atoms with Gasteiger partial charge in [0, 0.05) is 6.20 Å². The van der Waals surface area contributed by atoms with E-state index in [4.69, 9.17) is 9.52 Å². The van der Waals surface area contributed by atoms with Crippen LogP contribution in [0.1, 0.15) is 16.1 Å². The normalized spacial score (nSPS) is 10.9. The van der Waals surface area contributed by atoms with Crippen LogP contribution in [0.5, 0.6) is 0 Å². The molecule has 3 rings (SSSR count). The Balaban J connectivity index is 2.27. The van der Waals surface area contributed by atoms with Crippen LogP contribution in [-0.2, 0) is 0 Å². The van der Waals surface area contributed by atoms with Gasteiger partial charge in [-0.2, -0.15) is 0 Å². The van der Waals surface area contributed by atoms with Crippen LogP contribution >= 0.6 is 0 Å². The second kappa shape index (κ2) is 3.66. The minimum atomic E-state index is -1.01. The van der Waals surface area contributed by atoms with Crippen molar-refractivity contribution in [2.24, 2.45) is 0 Å². The number of carbonyl (C=O) groups is 1. The van der Waals surface area contributed by atoms with Crippen LogP contribution in [0, 0.1) is 6.92 Å². The van der Waals surface area contributed by atoms with Crippen molar-refractivity contribution in [3.05, 3.63) is 36.0 Å². The number of carboxylic acid groups (broad SMARTS) is 1. The molecule has 3 aromatic rings. The number of aromatic nitrogens is 4. The zero-order valence-electron chi connectivity index (χ0n) is 9.36. The van der Waals surface area contributed by atoms with Gasteiger partial charge in [-0.3, -0.25) is 4.40 Å². The van der Waals surface area contributed by atoms with Gasteiger partial charge in [0.15, 0.2) is 17.8 Å². The van der Waals surface area contributed by atoms with Gasteiger partial charge in [-0.25, -0.2) is 9.78 Å². The number of pyridine rings is 1. The summed E-state index contributed by atoms with van der Waals surface area (Å²) in [7, 11) is 0. The number of aromatic carboxylic acids is 1. The molecule has 0 atom stereocenters. The lowest BCUT2D eigenvalue weighted by molar-refractivity contribution is 0.0696. The van der Waals surface area contributed by atoms with Crippen molar-refractivity contribution >= 4 is 11.6 Å². The number of hydrogen-bond donors (Lipinski definition) is 1. The molecule has 0 saturated carbocycles. The molecule has 0 unspecified atom stereocenters. The molecule has 3 aromatic heterocycles. The molecular formula is C11H8N4O3. The molecule has 0 bridgehead atoms. The van der Waals surface area contributed by atoms with Gasteiger partial charge in [-0.15, -0.1) is 10.2 Å². The van der Waals surface area contributed by atoms with Gasteiger partial charge in [0.1, 0.15) is 0 Å². The SMILES string of the molecule is Cc1ncoc1-c1nnc2ccc(C(=O)O)cn12. The maximum Gasteiger partial charge on any atom is 0.337 e. The molecule has 0 fully saturated rings. The van der Waals surface area contributed by atoms with Crippen LogP contribution in [-0.4, -0.2) is 30.7 Å². The van der Waals surface area contributed by atoms with Crippen LogP contribution in [0.15, 0.2) is 29.1 Å². The van der Waals surface area contributed by atoms with Gasteiger partial charge in [-0.1, -0.05) is 0 Å². The van der Waals surface area contributed by atoms with Gasteiger partial charge < -0.3 is 9.52 Å². The Kier molecular flexibility index (Phi) is 2.12. The van der Waals surface area contributed by atoms with E-state index in [0.717, 1.165) is 0 Å². The quantitative estimate of drug-likeness (QED) is 0.732. The summed E-state index contributed by atoms with van der Waals surface area (Å²) in [5.41, 5.74) is 1.37. The fraction of sp³-hybridized carbons (Fsp3) is 0.0909. The Morgan fingerprint density at radius 3 is 2.89 bits per heavy atom. The van der Waals surface area contributed by atoms with Crippen molar-refractivity contribution < 1.29 is 14.3 Å². The summed E-state index contributed by atoms with van der Waals surface area (Å²) < 4.78 is 6.80. The van der Waals surface area contributed by atoms with Gasteiger partial charge in [0.05, 0.1) is 11.3 Å². The highest BCUT2D eigenvalue weighted by Gasteiger charge is 2.15. The molecule has 0 aliphatic heterocycles. The first-order chi connectivity index (χ1) is 8.66. The summed E-state index contributed by atoms with van der Waals surface area (Å²) >= 11 is 0. The fourth-order valence-electron chi connectivity index (χ4n) is 1.69. The molecule has 0 aliphatic carbocycles. The van der Waals surface area contributed by atoms with Gasteiger partial charge in [0.25, 0.3) is 0 Å². The van der Waals surface area contributed by atoms with Crippen LogP contribution in [0.25, 0.3) is 17.2 Å². The van der Waals surface area contributed by atoms with Crippen LogP contribution in [0.2, 0.25) is 0 Å². The Hall–Kier alpha value is -2.70. The molecule has 3 heterocycles. The van der Waals surface area contributed by atoms with E-state index in [1.807, 2.05) is 0 Å². The molecule has 7 nitrogen and oxygen atoms in total. The molecule has 0 amide bonds. The standard InChI is InChI=1S/C11H8N4O3/c1-6-9(18-5-12-6)10-14-13-8-3-2-7(11(16)17)4-15(8)10/h2-5H,1H3,(H,16,17). The van der Waals surface area contributed by atoms with E-state index in [2.05, 4.69) is 15.2 Å². The first-order valence-electron chi connectivity index (χ1n) is 5.15. The number of nitrogens with zero attached hydrogens (tertiary/aromatic N) is 4. The molecule has 0 spiro atoms. The van der Waals surface area contributed by atoms with Crippen molar-refractivity contribution in [2.45, 2.75) is 6.92 Å². The summed E-state index contributed by atoms with van der Waals surface area (Å²) in [6.07, 6.45) is 2.77. The largest absolute Gasteiger partial charge is 0.478 e. The number of hydrogen-bond acceptors (Lipinski definition) is 5. The summed E-state index contributed by atoms with van der Waals surface area (Å²) in [6, 6.07) is 3.06. The molecule has 0 aliphatic rings. The summed E-state index contributed by atoms with van der Waals surface area (Å²) in [5, 5.41) is 16.9. The second-order valence-corrected chi connectivity index (χ2v) is 3.74. The van der Waals surface area contributed by atoms with Crippen molar-refractivity contribution in [2.75, 3.05) is 0 Å². The number of oxazole rings is 1. The maximum atomic E-state index is 10.9. The lowest BCUT2D eigenvalue weighted by atomic mass is 10.3. The predicted molar refractivity (Wildman–Crippen MR) is 60.2 cm³/mol. The van der Waals surface area contributed by atoms with E-state index in [0.29, 0.717) is 22.9 Å². The van der Waals surface area contributed by atoms with E-state index >= 15 is 0 Å². The highest BCUT2D eigenvalue weighted by atomic mass is 16.4. The zero-order valence-corrected chi connectivity index (χ0v) is 9.36. The van der Waals surface area contributed by atoms with Crippen molar-refractivity contribution in [1.29, 1.82) is 0 Å². The summed E-state index contributed by atoms with van der Waals surface area (Å²) in [6.45, 7) is 1.78. The summed E-state index contributed by atoms with van der Waals surface area (Å²) in [4.78, 5) is 14.9. The Labute approximate surface area is 101 Å². The van der Waals surface area contributed by atoms with E-state index < -0.39 is 5.97 Å². The molecule has 0 saturated heterocycles. The summed E-state index contributed by atoms with van der Waals surface area (Å²) in [5.74, 6) is -0.0982. The number of fused-ring (bicyclic) bond motifs is 1. The lowest BCUT2D eigenvalue weighted by Crippen LogP contribution is -1.99. The third kappa shape index (κ3) is 1.45. The third-order valence-corrected chi connectivity index (χ3v) is 2.60. The first-order valence-corrected chi connectivity index (χ1v) is 5.15. The van der Waals surface area contributed by atoms with Gasteiger partial charge in [0.2, 0.25) is 5.82 Å². The Morgan fingerprint density at radius 2 is 2.22 bits per heavy atom. The van der Waals surface area contributed by atoms with E-state index in [1.165, 1.54) is 18.7 Å². The highest BCUT2D eigenvalue weighted by molar-refractivity contribution is 5.87. The van der Waals surface area contributed by atoms with E-state index in [-0.39, 0.29) is 5.56 Å². The molecular weight excluding hydrogens is 236 g/mol. The smallest absolute Gasteiger partial charge is 0.337 e. The van der Waals surface area contributed by atoms with Crippen LogP contribution in [0.4, 0.5) is 0 Å². The minimum absolute atomic E-state index is 0.153. The second-order valence-electron chi connectivity index (χ2n) is 3.74. The minimum Gasteiger partial charge on any atom is -0.478 e. The molecule has 18 heavy (non-hydrogen) atoms. The average Bonchev–Trinajstić information content (AvgIpc) is 2.93. The lowest BCUT2D eigenvalue weighted by Gasteiger charge is -1.99.